The molecule has 1 N–H and O–H groups in total. The zero-order chi connectivity index (χ0) is 11.4. The van der Waals surface area contributed by atoms with Crippen LogP contribution in [0.3, 0.4) is 0 Å². The van der Waals surface area contributed by atoms with Gasteiger partial charge in [0.2, 0.25) is 0 Å². The zero-order valence-electron chi connectivity index (χ0n) is 9.78. The highest BCUT2D eigenvalue weighted by atomic mass is 16.5. The van der Waals surface area contributed by atoms with Crippen LogP contribution in [0.1, 0.15) is 13.3 Å². The number of nitrogens with one attached hydrogen (secondary N) is 1. The molecule has 0 aromatic heterocycles. The van der Waals surface area contributed by atoms with Crippen molar-refractivity contribution in [1.29, 1.82) is 0 Å². The number of ether oxygens (including phenoxy) is 2. The molecule has 0 aromatic carbocycles. The summed E-state index contributed by atoms with van der Waals surface area (Å²) >= 11 is 0. The van der Waals surface area contributed by atoms with Crippen LogP contribution in [-0.4, -0.2) is 62.4 Å². The number of amides is 1. The van der Waals surface area contributed by atoms with E-state index < -0.39 is 0 Å². The van der Waals surface area contributed by atoms with Crippen LogP contribution >= 0.6 is 0 Å². The lowest BCUT2D eigenvalue weighted by atomic mass is 10.1. The van der Waals surface area contributed by atoms with Crippen LogP contribution in [0.25, 0.3) is 0 Å². The van der Waals surface area contributed by atoms with Crippen molar-refractivity contribution in [3.63, 3.8) is 0 Å². The van der Waals surface area contributed by atoms with Gasteiger partial charge < -0.3 is 19.7 Å². The van der Waals surface area contributed by atoms with Crippen molar-refractivity contribution in [3.8, 4) is 0 Å². The molecule has 0 aromatic rings. The highest BCUT2D eigenvalue weighted by Crippen LogP contribution is 2.13. The maximum atomic E-state index is 12.2. The van der Waals surface area contributed by atoms with Crippen LogP contribution in [0.2, 0.25) is 0 Å². The Balaban J connectivity index is 1.95. The molecule has 0 radical (unpaired) electrons. The van der Waals surface area contributed by atoms with E-state index in [0.29, 0.717) is 32.9 Å². The Morgan fingerprint density at radius 3 is 3.06 bits per heavy atom. The maximum absolute atomic E-state index is 12.2. The minimum atomic E-state index is -0.305. The third-order valence-corrected chi connectivity index (χ3v) is 3.18. The van der Waals surface area contributed by atoms with Gasteiger partial charge in [0.1, 0.15) is 6.10 Å². The van der Waals surface area contributed by atoms with Crippen molar-refractivity contribution in [3.05, 3.63) is 0 Å². The third-order valence-electron chi connectivity index (χ3n) is 3.18. The van der Waals surface area contributed by atoms with Crippen molar-refractivity contribution in [1.82, 2.24) is 10.2 Å². The van der Waals surface area contributed by atoms with E-state index in [2.05, 4.69) is 12.2 Å². The summed E-state index contributed by atoms with van der Waals surface area (Å²) in [5, 5.41) is 3.18. The summed E-state index contributed by atoms with van der Waals surface area (Å²) < 4.78 is 10.9. The normalized spacial score (nSPS) is 31.4. The molecule has 2 atom stereocenters. The van der Waals surface area contributed by atoms with E-state index in [0.717, 1.165) is 13.0 Å². The van der Waals surface area contributed by atoms with Crippen LogP contribution in [-0.2, 0) is 14.3 Å². The van der Waals surface area contributed by atoms with Crippen molar-refractivity contribution in [2.75, 3.05) is 39.5 Å². The van der Waals surface area contributed by atoms with E-state index in [-0.39, 0.29) is 18.1 Å². The molecule has 1 amide bonds. The van der Waals surface area contributed by atoms with Gasteiger partial charge in [0.15, 0.2) is 0 Å². The van der Waals surface area contributed by atoms with Crippen LogP contribution < -0.4 is 5.32 Å². The molecule has 0 saturated carbocycles. The number of morpholine rings is 2. The summed E-state index contributed by atoms with van der Waals surface area (Å²) in [4.78, 5) is 14.1. The molecular formula is C11H20N2O3. The first kappa shape index (κ1) is 11.8. The van der Waals surface area contributed by atoms with Gasteiger partial charge in [-0.25, -0.2) is 0 Å². The molecule has 2 unspecified atom stereocenters. The molecule has 5 nitrogen and oxygen atoms in total. The molecule has 2 rings (SSSR count). The minimum absolute atomic E-state index is 0.113. The summed E-state index contributed by atoms with van der Waals surface area (Å²) in [5.41, 5.74) is 0. The van der Waals surface area contributed by atoms with Gasteiger partial charge in [-0.1, -0.05) is 6.92 Å². The Morgan fingerprint density at radius 1 is 1.50 bits per heavy atom. The van der Waals surface area contributed by atoms with Crippen molar-refractivity contribution in [2.45, 2.75) is 25.5 Å². The smallest absolute Gasteiger partial charge is 0.253 e. The van der Waals surface area contributed by atoms with E-state index in [1.165, 1.54) is 0 Å². The van der Waals surface area contributed by atoms with Gasteiger partial charge >= 0.3 is 0 Å². The summed E-state index contributed by atoms with van der Waals surface area (Å²) in [7, 11) is 0. The van der Waals surface area contributed by atoms with Gasteiger partial charge in [-0.2, -0.15) is 0 Å². The molecule has 2 aliphatic heterocycles. The number of hydrogen-bond donors (Lipinski definition) is 1. The van der Waals surface area contributed by atoms with E-state index in [4.69, 9.17) is 9.47 Å². The second-order valence-corrected chi connectivity index (χ2v) is 4.23. The zero-order valence-corrected chi connectivity index (χ0v) is 9.78. The molecule has 0 bridgehead atoms. The monoisotopic (exact) mass is 228 g/mol. The number of carbonyl (C=O) groups excluding carboxylic acids is 1. The largest absolute Gasteiger partial charge is 0.377 e. The highest BCUT2D eigenvalue weighted by molar-refractivity contribution is 5.81. The Hall–Kier alpha value is -0.650. The highest BCUT2D eigenvalue weighted by Gasteiger charge is 2.32. The Labute approximate surface area is 96.1 Å². The Bertz CT molecular complexity index is 241. The quantitative estimate of drug-likeness (QED) is 0.699. The minimum Gasteiger partial charge on any atom is -0.377 e. The second-order valence-electron chi connectivity index (χ2n) is 4.23. The first-order chi connectivity index (χ1) is 7.83. The average molecular weight is 228 g/mol. The SMILES string of the molecule is CCC1COCCN1C(=O)C1CNCCO1. The number of carbonyl (C=O) groups is 1. The predicted octanol–water partition coefficient (Wildman–Crippen LogP) is -0.388. The fraction of sp³-hybridized carbons (Fsp3) is 0.909. The lowest BCUT2D eigenvalue weighted by Crippen LogP contribution is -2.55. The predicted molar refractivity (Wildman–Crippen MR) is 59.2 cm³/mol. The molecule has 5 heteroatoms. The first-order valence-corrected chi connectivity index (χ1v) is 6.03. The summed E-state index contributed by atoms with van der Waals surface area (Å²) in [6.07, 6.45) is 0.632. The molecule has 92 valence electrons. The van der Waals surface area contributed by atoms with E-state index in [1.807, 2.05) is 4.90 Å². The van der Waals surface area contributed by atoms with Crippen LogP contribution in [0, 0.1) is 0 Å². The fourth-order valence-electron chi connectivity index (χ4n) is 2.19. The van der Waals surface area contributed by atoms with Gasteiger partial charge in [0.25, 0.3) is 5.91 Å². The second kappa shape index (κ2) is 5.61. The van der Waals surface area contributed by atoms with E-state index in [1.54, 1.807) is 0 Å². The van der Waals surface area contributed by atoms with E-state index in [9.17, 15) is 4.79 Å². The molecule has 0 aliphatic carbocycles. The molecule has 0 spiro atoms. The van der Waals surface area contributed by atoms with Crippen LogP contribution in [0.5, 0.6) is 0 Å². The van der Waals surface area contributed by atoms with Crippen LogP contribution in [0.15, 0.2) is 0 Å². The van der Waals surface area contributed by atoms with Gasteiger partial charge in [0, 0.05) is 19.6 Å². The Morgan fingerprint density at radius 2 is 2.38 bits per heavy atom. The molecular weight excluding hydrogens is 208 g/mol. The topological polar surface area (TPSA) is 50.8 Å². The molecule has 2 saturated heterocycles. The standard InChI is InChI=1S/C11H20N2O3/c1-2-9-8-15-6-4-13(9)11(14)10-7-12-3-5-16-10/h9-10,12H,2-8H2,1H3. The van der Waals surface area contributed by atoms with Crippen molar-refractivity contribution in [2.24, 2.45) is 0 Å². The Kier molecular flexibility index (Phi) is 4.15. The summed E-state index contributed by atoms with van der Waals surface area (Å²) in [5.74, 6) is 0.113. The number of hydrogen-bond acceptors (Lipinski definition) is 4. The number of rotatable bonds is 2. The maximum Gasteiger partial charge on any atom is 0.253 e. The van der Waals surface area contributed by atoms with Gasteiger partial charge in [-0.15, -0.1) is 0 Å². The molecule has 2 fully saturated rings. The van der Waals surface area contributed by atoms with E-state index >= 15 is 0 Å². The molecule has 2 heterocycles. The first-order valence-electron chi connectivity index (χ1n) is 6.03. The van der Waals surface area contributed by atoms with Crippen molar-refractivity contribution >= 4 is 5.91 Å². The third kappa shape index (κ3) is 2.53. The van der Waals surface area contributed by atoms with Gasteiger partial charge in [-0.3, -0.25) is 4.79 Å². The van der Waals surface area contributed by atoms with Crippen LogP contribution in [0.4, 0.5) is 0 Å². The molecule has 2 aliphatic rings. The summed E-state index contributed by atoms with van der Waals surface area (Å²) in [6.45, 7) is 6.16. The lowest BCUT2D eigenvalue weighted by molar-refractivity contribution is -0.153. The lowest BCUT2D eigenvalue weighted by Gasteiger charge is -2.38. The number of nitrogens with zero attached hydrogens (tertiary/aromatic N) is 1. The fourth-order valence-corrected chi connectivity index (χ4v) is 2.19. The van der Waals surface area contributed by atoms with Gasteiger partial charge in [0.05, 0.1) is 25.9 Å². The van der Waals surface area contributed by atoms with Crippen molar-refractivity contribution < 1.29 is 14.3 Å². The molecule has 16 heavy (non-hydrogen) atoms. The van der Waals surface area contributed by atoms with Gasteiger partial charge in [-0.05, 0) is 6.42 Å². The average Bonchev–Trinajstić information content (AvgIpc) is 2.39. The summed E-state index contributed by atoms with van der Waals surface area (Å²) in [6, 6.07) is 0.215.